The summed E-state index contributed by atoms with van der Waals surface area (Å²) in [6, 6.07) is 0. The highest BCUT2D eigenvalue weighted by Crippen LogP contribution is 2.59. The van der Waals surface area contributed by atoms with Crippen molar-refractivity contribution in [3.63, 3.8) is 0 Å². The third-order valence-corrected chi connectivity index (χ3v) is 6.32. The van der Waals surface area contributed by atoms with Crippen LogP contribution in [-0.2, 0) is 28.6 Å². The molecule has 128 valence electrons. The minimum absolute atomic E-state index is 0.0380. The number of hydrogen-bond donors (Lipinski definition) is 0. The second-order valence-corrected chi connectivity index (χ2v) is 7.18. The molecule has 2 bridgehead atoms. The van der Waals surface area contributed by atoms with Gasteiger partial charge < -0.3 is 14.2 Å². The molecule has 1 aliphatic heterocycles. The lowest BCUT2D eigenvalue weighted by molar-refractivity contribution is -0.174. The van der Waals surface area contributed by atoms with Gasteiger partial charge in [-0.05, 0) is 26.2 Å². The van der Waals surface area contributed by atoms with Crippen molar-refractivity contribution in [2.75, 3.05) is 7.11 Å². The van der Waals surface area contributed by atoms with Crippen molar-refractivity contribution in [3.05, 3.63) is 0 Å². The summed E-state index contributed by atoms with van der Waals surface area (Å²) >= 11 is 0. The zero-order valence-electron chi connectivity index (χ0n) is 14.0. The molecule has 1 heterocycles. The maximum atomic E-state index is 12.6. The molecule has 3 aliphatic rings. The van der Waals surface area contributed by atoms with E-state index in [0.717, 1.165) is 0 Å². The quantitative estimate of drug-likeness (QED) is 0.566. The molecule has 23 heavy (non-hydrogen) atoms. The highest BCUT2D eigenvalue weighted by atomic mass is 16.6. The smallest absolute Gasteiger partial charge is 0.312 e. The second-order valence-electron chi connectivity index (χ2n) is 7.18. The molecular weight excluding hydrogens is 300 g/mol. The van der Waals surface area contributed by atoms with Crippen molar-refractivity contribution in [2.24, 2.45) is 29.1 Å². The molecule has 6 atom stereocenters. The van der Waals surface area contributed by atoms with Gasteiger partial charge in [-0.1, -0.05) is 13.8 Å². The largest absolute Gasteiger partial charge is 0.469 e. The van der Waals surface area contributed by atoms with Gasteiger partial charge in [-0.3, -0.25) is 14.4 Å². The van der Waals surface area contributed by atoms with E-state index in [0.29, 0.717) is 19.3 Å². The van der Waals surface area contributed by atoms with Gasteiger partial charge in [0.15, 0.2) is 0 Å². The normalized spacial score (nSPS) is 37.7. The van der Waals surface area contributed by atoms with Crippen LogP contribution in [-0.4, -0.2) is 37.2 Å². The zero-order valence-corrected chi connectivity index (χ0v) is 14.0. The van der Waals surface area contributed by atoms with Gasteiger partial charge in [0.2, 0.25) is 0 Å². The van der Waals surface area contributed by atoms with Crippen LogP contribution in [0, 0.1) is 29.1 Å². The Morgan fingerprint density at radius 3 is 2.48 bits per heavy atom. The Bertz CT molecular complexity index is 537. The number of rotatable bonds is 5. The van der Waals surface area contributed by atoms with E-state index in [1.807, 2.05) is 20.8 Å². The van der Waals surface area contributed by atoms with E-state index in [9.17, 15) is 14.4 Å². The summed E-state index contributed by atoms with van der Waals surface area (Å²) in [5.74, 6) is -2.25. The fourth-order valence-electron chi connectivity index (χ4n) is 4.41. The lowest BCUT2D eigenvalue weighted by Gasteiger charge is -2.33. The Morgan fingerprint density at radius 2 is 1.91 bits per heavy atom. The van der Waals surface area contributed by atoms with Crippen molar-refractivity contribution >= 4 is 17.9 Å². The lowest BCUT2D eigenvalue weighted by atomic mass is 9.78. The molecular formula is C17H24O6. The molecule has 6 heteroatoms. The van der Waals surface area contributed by atoms with Crippen LogP contribution in [0.4, 0.5) is 0 Å². The Morgan fingerprint density at radius 1 is 1.26 bits per heavy atom. The number of carbonyl (C=O) groups is 3. The molecule has 6 unspecified atom stereocenters. The van der Waals surface area contributed by atoms with E-state index in [2.05, 4.69) is 0 Å². The van der Waals surface area contributed by atoms with Crippen LogP contribution in [0.3, 0.4) is 0 Å². The summed E-state index contributed by atoms with van der Waals surface area (Å²) in [6.07, 6.45) is 1.10. The van der Waals surface area contributed by atoms with Crippen LogP contribution in [0.25, 0.3) is 0 Å². The first kappa shape index (κ1) is 16.3. The van der Waals surface area contributed by atoms with Gasteiger partial charge >= 0.3 is 17.9 Å². The van der Waals surface area contributed by atoms with Crippen LogP contribution in [0.15, 0.2) is 0 Å². The molecule has 1 saturated heterocycles. The molecule has 0 radical (unpaired) electrons. The minimum atomic E-state index is -0.552. The summed E-state index contributed by atoms with van der Waals surface area (Å²) < 4.78 is 16.1. The molecule has 2 saturated carbocycles. The van der Waals surface area contributed by atoms with E-state index in [-0.39, 0.29) is 23.8 Å². The molecule has 2 aliphatic carbocycles. The molecule has 0 aromatic carbocycles. The highest BCUT2D eigenvalue weighted by Gasteiger charge is 2.70. The Labute approximate surface area is 135 Å². The Hall–Kier alpha value is -1.59. The number of esters is 3. The zero-order chi connectivity index (χ0) is 16.9. The summed E-state index contributed by atoms with van der Waals surface area (Å²) in [4.78, 5) is 36.8. The van der Waals surface area contributed by atoms with E-state index >= 15 is 0 Å². The Kier molecular flexibility index (Phi) is 3.89. The molecule has 0 spiro atoms. The van der Waals surface area contributed by atoms with Gasteiger partial charge in [0.25, 0.3) is 0 Å². The van der Waals surface area contributed by atoms with Gasteiger partial charge in [0.1, 0.15) is 12.2 Å². The summed E-state index contributed by atoms with van der Waals surface area (Å²) in [5, 5.41) is 0. The fraction of sp³-hybridized carbons (Fsp3) is 0.824. The van der Waals surface area contributed by atoms with Crippen LogP contribution >= 0.6 is 0 Å². The average molecular weight is 324 g/mol. The van der Waals surface area contributed by atoms with Gasteiger partial charge in [0.05, 0.1) is 24.4 Å². The molecule has 3 rings (SSSR count). The number of methoxy groups -OCH3 is 1. The van der Waals surface area contributed by atoms with Gasteiger partial charge in [-0.25, -0.2) is 0 Å². The Balaban J connectivity index is 1.83. The summed E-state index contributed by atoms with van der Waals surface area (Å²) in [6.45, 7) is 5.78. The molecule has 0 aromatic rings. The summed E-state index contributed by atoms with van der Waals surface area (Å²) in [5.41, 5.74) is -0.551. The number of hydrogen-bond acceptors (Lipinski definition) is 6. The molecule has 6 nitrogen and oxygen atoms in total. The van der Waals surface area contributed by atoms with Crippen molar-refractivity contribution in [3.8, 4) is 0 Å². The maximum absolute atomic E-state index is 12.6. The maximum Gasteiger partial charge on any atom is 0.312 e. The van der Waals surface area contributed by atoms with Crippen molar-refractivity contribution in [1.82, 2.24) is 0 Å². The van der Waals surface area contributed by atoms with Crippen LogP contribution in [0.1, 0.15) is 40.0 Å². The van der Waals surface area contributed by atoms with Crippen LogP contribution < -0.4 is 0 Å². The van der Waals surface area contributed by atoms with Gasteiger partial charge in [-0.15, -0.1) is 0 Å². The first-order chi connectivity index (χ1) is 10.9. The molecule has 0 N–H and O–H groups in total. The minimum Gasteiger partial charge on any atom is -0.469 e. The van der Waals surface area contributed by atoms with Crippen LogP contribution in [0.2, 0.25) is 0 Å². The van der Waals surface area contributed by atoms with Gasteiger partial charge in [0, 0.05) is 11.8 Å². The van der Waals surface area contributed by atoms with E-state index < -0.39 is 35.4 Å². The number of fused-ring (bicyclic) bond motifs is 1. The first-order valence-electron chi connectivity index (χ1n) is 8.37. The predicted octanol–water partition coefficient (Wildman–Crippen LogP) is 1.70. The molecule has 0 amide bonds. The second kappa shape index (κ2) is 5.49. The lowest BCUT2D eigenvalue weighted by Crippen LogP contribution is -2.45. The standard InChI is InChI=1S/C17H24O6/c1-5-17(3,6-2)16(20)23-13-8-7-9-11(10(8)14(18)21-4)15(19)22-12(9)13/h8-13H,5-7H2,1-4H3. The van der Waals surface area contributed by atoms with Crippen molar-refractivity contribution < 1.29 is 28.6 Å². The fourth-order valence-corrected chi connectivity index (χ4v) is 4.41. The van der Waals surface area contributed by atoms with Crippen molar-refractivity contribution in [2.45, 2.75) is 52.2 Å². The molecule has 3 fully saturated rings. The van der Waals surface area contributed by atoms with Crippen LogP contribution in [0.5, 0.6) is 0 Å². The third-order valence-electron chi connectivity index (χ3n) is 6.32. The molecule has 0 aromatic heterocycles. The topological polar surface area (TPSA) is 78.9 Å². The average Bonchev–Trinajstić information content (AvgIpc) is 3.16. The van der Waals surface area contributed by atoms with E-state index in [4.69, 9.17) is 14.2 Å². The highest BCUT2D eigenvalue weighted by molar-refractivity contribution is 5.86. The number of carbonyl (C=O) groups excluding carboxylic acids is 3. The van der Waals surface area contributed by atoms with E-state index in [1.165, 1.54) is 7.11 Å². The monoisotopic (exact) mass is 324 g/mol. The predicted molar refractivity (Wildman–Crippen MR) is 79.0 cm³/mol. The summed E-state index contributed by atoms with van der Waals surface area (Å²) in [7, 11) is 1.32. The van der Waals surface area contributed by atoms with E-state index in [1.54, 1.807) is 0 Å². The first-order valence-corrected chi connectivity index (χ1v) is 8.37. The van der Waals surface area contributed by atoms with Crippen molar-refractivity contribution in [1.29, 1.82) is 0 Å². The van der Waals surface area contributed by atoms with Gasteiger partial charge in [-0.2, -0.15) is 0 Å². The SMILES string of the molecule is CCC(C)(CC)C(=O)OC1C2CC3C1OC(=O)C3C2C(=O)OC. The third kappa shape index (κ3) is 2.17. The number of ether oxygens (including phenoxy) is 3.